The summed E-state index contributed by atoms with van der Waals surface area (Å²) in [6.45, 7) is 5.67. The minimum atomic E-state index is -0.485. The molecule has 1 rings (SSSR count). The molecule has 0 spiro atoms. The number of hydrogen-bond donors (Lipinski definition) is 1. The van der Waals surface area contributed by atoms with Crippen LogP contribution in [-0.2, 0) is 23.9 Å². The van der Waals surface area contributed by atoms with E-state index in [-0.39, 0.29) is 30.6 Å². The topological polar surface area (TPSA) is 81.7 Å². The number of ether oxygens (including phenoxy) is 2. The molecule has 1 heterocycles. The zero-order chi connectivity index (χ0) is 17.8. The molecule has 0 radical (unpaired) electrons. The van der Waals surface area contributed by atoms with Crippen molar-refractivity contribution in [2.75, 3.05) is 6.54 Å². The number of carbonyl (C=O) groups is 3. The van der Waals surface area contributed by atoms with Crippen LogP contribution in [-0.4, -0.2) is 37.1 Å². The van der Waals surface area contributed by atoms with E-state index in [1.165, 1.54) is 6.42 Å². The molecular weight excluding hydrogens is 310 g/mol. The smallest absolute Gasteiger partial charge is 0.325 e. The molecule has 136 valence electrons. The van der Waals surface area contributed by atoms with Gasteiger partial charge in [-0.05, 0) is 19.3 Å². The summed E-state index contributed by atoms with van der Waals surface area (Å²) in [5, 5.41) is 2.29. The van der Waals surface area contributed by atoms with Gasteiger partial charge < -0.3 is 14.8 Å². The third kappa shape index (κ3) is 7.15. The van der Waals surface area contributed by atoms with E-state index in [1.54, 1.807) is 6.08 Å². The van der Waals surface area contributed by atoms with Gasteiger partial charge in [0.05, 0.1) is 5.92 Å². The molecule has 0 saturated carbocycles. The van der Waals surface area contributed by atoms with Gasteiger partial charge in [-0.25, -0.2) is 0 Å². The molecule has 6 heteroatoms. The Kier molecular flexibility index (Phi) is 9.80. The molecule has 1 aliphatic rings. The van der Waals surface area contributed by atoms with E-state index in [0.717, 1.165) is 25.7 Å². The van der Waals surface area contributed by atoms with E-state index in [9.17, 15) is 14.4 Å². The highest BCUT2D eigenvalue weighted by atomic mass is 16.6. The fourth-order valence-electron chi connectivity index (χ4n) is 2.85. The van der Waals surface area contributed by atoms with E-state index in [4.69, 9.17) is 9.47 Å². The molecular formula is C18H29NO5. The number of esters is 2. The quantitative estimate of drug-likeness (QED) is 0.228. The van der Waals surface area contributed by atoms with E-state index < -0.39 is 5.97 Å². The minimum absolute atomic E-state index is 0.0834. The van der Waals surface area contributed by atoms with Crippen molar-refractivity contribution in [1.82, 2.24) is 5.32 Å². The van der Waals surface area contributed by atoms with Crippen LogP contribution in [0.4, 0.5) is 0 Å². The summed E-state index contributed by atoms with van der Waals surface area (Å²) in [5.74, 6) is -0.714. The zero-order valence-corrected chi connectivity index (χ0v) is 14.5. The molecule has 0 bridgehead atoms. The van der Waals surface area contributed by atoms with Crippen molar-refractivity contribution in [3.05, 3.63) is 12.7 Å². The summed E-state index contributed by atoms with van der Waals surface area (Å²) in [5.41, 5.74) is 0. The molecule has 0 aromatic carbocycles. The van der Waals surface area contributed by atoms with Gasteiger partial charge in [0.25, 0.3) is 0 Å². The highest BCUT2D eigenvalue weighted by Gasteiger charge is 2.43. The van der Waals surface area contributed by atoms with Gasteiger partial charge in [0.15, 0.2) is 0 Å². The van der Waals surface area contributed by atoms with Crippen molar-refractivity contribution in [3.63, 3.8) is 0 Å². The molecule has 6 nitrogen and oxygen atoms in total. The first-order valence-corrected chi connectivity index (χ1v) is 8.80. The third-order valence-electron chi connectivity index (χ3n) is 4.20. The standard InChI is InChI=1S/C18H29NO5/c1-3-5-7-8-10-15-16(24-18(15)22)11-14(9-6-4-2)23-17(21)12-19-13-20/h4,13-16H,2-3,5-12H2,1H3,(H,19,20)/t14-,15+,16?/m1/s1. The van der Waals surface area contributed by atoms with Crippen LogP contribution in [0.3, 0.4) is 0 Å². The first-order chi connectivity index (χ1) is 11.6. The first kappa shape index (κ1) is 20.2. The molecule has 1 saturated heterocycles. The molecule has 1 aliphatic heterocycles. The van der Waals surface area contributed by atoms with E-state index in [0.29, 0.717) is 25.7 Å². The van der Waals surface area contributed by atoms with Crippen molar-refractivity contribution >= 4 is 18.3 Å². The Morgan fingerprint density at radius 1 is 1.42 bits per heavy atom. The summed E-state index contributed by atoms with van der Waals surface area (Å²) >= 11 is 0. The number of carbonyl (C=O) groups excluding carboxylic acids is 3. The Labute approximate surface area is 144 Å². The van der Waals surface area contributed by atoms with Crippen molar-refractivity contribution in [1.29, 1.82) is 0 Å². The van der Waals surface area contributed by atoms with Gasteiger partial charge in [-0.3, -0.25) is 14.4 Å². The fraction of sp³-hybridized carbons (Fsp3) is 0.722. The Morgan fingerprint density at radius 3 is 2.83 bits per heavy atom. The Morgan fingerprint density at radius 2 is 2.21 bits per heavy atom. The lowest BCUT2D eigenvalue weighted by Crippen LogP contribution is -2.47. The van der Waals surface area contributed by atoms with Crippen LogP contribution in [0, 0.1) is 5.92 Å². The van der Waals surface area contributed by atoms with E-state index >= 15 is 0 Å². The number of amides is 1. The third-order valence-corrected chi connectivity index (χ3v) is 4.20. The number of nitrogens with one attached hydrogen (secondary N) is 1. The molecule has 0 aromatic heterocycles. The minimum Gasteiger partial charge on any atom is -0.461 e. The summed E-state index contributed by atoms with van der Waals surface area (Å²) in [6, 6.07) is 0. The molecule has 1 N–H and O–H groups in total. The van der Waals surface area contributed by atoms with Gasteiger partial charge in [0.2, 0.25) is 6.41 Å². The SMILES string of the molecule is C=CCC[C@H](CC1OC(=O)[C@H]1CCCCCC)OC(=O)CNC=O. The van der Waals surface area contributed by atoms with Crippen LogP contribution in [0.2, 0.25) is 0 Å². The number of rotatable bonds is 14. The van der Waals surface area contributed by atoms with Crippen LogP contribution >= 0.6 is 0 Å². The Hall–Kier alpha value is -1.85. The van der Waals surface area contributed by atoms with Gasteiger partial charge in [-0.2, -0.15) is 0 Å². The summed E-state index contributed by atoms with van der Waals surface area (Å²) in [6.07, 6.45) is 8.86. The monoisotopic (exact) mass is 339 g/mol. The van der Waals surface area contributed by atoms with Crippen LogP contribution in [0.15, 0.2) is 12.7 Å². The summed E-state index contributed by atoms with van der Waals surface area (Å²) in [4.78, 5) is 33.6. The normalized spacial score (nSPS) is 20.5. The molecule has 0 aliphatic carbocycles. The number of hydrogen-bond acceptors (Lipinski definition) is 5. The fourth-order valence-corrected chi connectivity index (χ4v) is 2.85. The van der Waals surface area contributed by atoms with Crippen LogP contribution in [0.1, 0.15) is 58.3 Å². The molecule has 3 atom stereocenters. The van der Waals surface area contributed by atoms with Gasteiger partial charge in [-0.1, -0.05) is 38.7 Å². The van der Waals surface area contributed by atoms with Crippen molar-refractivity contribution in [3.8, 4) is 0 Å². The van der Waals surface area contributed by atoms with Crippen molar-refractivity contribution in [2.45, 2.75) is 70.5 Å². The van der Waals surface area contributed by atoms with E-state index in [2.05, 4.69) is 18.8 Å². The molecule has 0 aromatic rings. The maximum Gasteiger partial charge on any atom is 0.325 e. The second-order valence-corrected chi connectivity index (χ2v) is 6.14. The van der Waals surface area contributed by atoms with Gasteiger partial charge in [0.1, 0.15) is 18.8 Å². The van der Waals surface area contributed by atoms with Gasteiger partial charge in [0, 0.05) is 6.42 Å². The zero-order valence-electron chi connectivity index (χ0n) is 14.5. The second kappa shape index (κ2) is 11.6. The van der Waals surface area contributed by atoms with Crippen LogP contribution < -0.4 is 5.32 Å². The number of cyclic esters (lactones) is 1. The maximum absolute atomic E-state index is 11.7. The van der Waals surface area contributed by atoms with Gasteiger partial charge in [-0.15, -0.1) is 6.58 Å². The predicted molar refractivity (Wildman–Crippen MR) is 90.1 cm³/mol. The Balaban J connectivity index is 2.45. The van der Waals surface area contributed by atoms with Crippen molar-refractivity contribution < 1.29 is 23.9 Å². The summed E-state index contributed by atoms with van der Waals surface area (Å²) in [7, 11) is 0. The number of unbranched alkanes of at least 4 members (excludes halogenated alkanes) is 3. The highest BCUT2D eigenvalue weighted by Crippen LogP contribution is 2.32. The molecule has 1 unspecified atom stereocenters. The lowest BCUT2D eigenvalue weighted by atomic mass is 9.86. The predicted octanol–water partition coefficient (Wildman–Crippen LogP) is 2.51. The molecule has 24 heavy (non-hydrogen) atoms. The number of allylic oxidation sites excluding steroid dienone is 1. The Bertz CT molecular complexity index is 424. The van der Waals surface area contributed by atoms with Gasteiger partial charge >= 0.3 is 11.9 Å². The highest BCUT2D eigenvalue weighted by molar-refractivity contribution is 5.78. The average molecular weight is 339 g/mol. The summed E-state index contributed by atoms with van der Waals surface area (Å²) < 4.78 is 10.6. The largest absolute Gasteiger partial charge is 0.461 e. The first-order valence-electron chi connectivity index (χ1n) is 8.80. The average Bonchev–Trinajstić information content (AvgIpc) is 2.57. The van der Waals surface area contributed by atoms with E-state index in [1.807, 2.05) is 0 Å². The lowest BCUT2D eigenvalue weighted by Gasteiger charge is -2.37. The van der Waals surface area contributed by atoms with Crippen LogP contribution in [0.25, 0.3) is 0 Å². The van der Waals surface area contributed by atoms with Crippen molar-refractivity contribution in [2.24, 2.45) is 5.92 Å². The molecule has 1 amide bonds. The molecule has 1 fully saturated rings. The van der Waals surface area contributed by atoms with Crippen LogP contribution in [0.5, 0.6) is 0 Å². The second-order valence-electron chi connectivity index (χ2n) is 6.14. The lowest BCUT2D eigenvalue weighted by molar-refractivity contribution is -0.190. The maximum atomic E-state index is 11.7.